The topological polar surface area (TPSA) is 113 Å². The number of pyridine rings is 1. The Balaban J connectivity index is 1.81. The van der Waals surface area contributed by atoms with E-state index in [0.29, 0.717) is 17.7 Å². The molecular formula is C20H22N6O. The number of hydrogen-bond acceptors (Lipinski definition) is 5. The van der Waals surface area contributed by atoms with E-state index in [0.717, 1.165) is 42.5 Å². The molecule has 7 nitrogen and oxygen atoms in total. The second kappa shape index (κ2) is 7.25. The zero-order chi connectivity index (χ0) is 18.8. The number of anilines is 2. The molecule has 2 aromatic heterocycles. The number of hydrogen-bond donors (Lipinski definition) is 3. The average molecular weight is 362 g/mol. The number of H-pyrrole nitrogens is 1. The van der Waals surface area contributed by atoms with Crippen LogP contribution in [0.1, 0.15) is 37.3 Å². The molecule has 0 unspecified atom stereocenters. The monoisotopic (exact) mass is 362 g/mol. The highest BCUT2D eigenvalue weighted by atomic mass is 16.1. The molecule has 0 radical (unpaired) electrons. The van der Waals surface area contributed by atoms with E-state index < -0.39 is 0 Å². The lowest BCUT2D eigenvalue weighted by Gasteiger charge is -2.27. The van der Waals surface area contributed by atoms with E-state index >= 15 is 0 Å². The van der Waals surface area contributed by atoms with Gasteiger partial charge in [-0.05, 0) is 36.6 Å². The third-order valence-electron chi connectivity index (χ3n) is 5.27. The SMILES string of the molecule is N#C[C@H]1CCCC[C@@H]1n1nc(Nc2cccc(CN)c2)c2c(=O)[nH]ccc21. The van der Waals surface area contributed by atoms with Crippen molar-refractivity contribution in [3.63, 3.8) is 0 Å². The molecule has 2 heterocycles. The standard InChI is InChI=1S/C20H22N6O/c21-11-13-4-3-6-15(10-13)24-19-18-17(8-9-23-20(18)27)26(25-19)16-7-2-1-5-14(16)12-22/h3-4,6,8-10,14,16H,1-2,5,7,11,21H2,(H,23,27)(H,24,25)/t14-,16+/m1/s1. The Morgan fingerprint density at radius 2 is 2.19 bits per heavy atom. The maximum absolute atomic E-state index is 12.5. The zero-order valence-corrected chi connectivity index (χ0v) is 15.0. The molecule has 3 aromatic rings. The first kappa shape index (κ1) is 17.3. The normalized spacial score (nSPS) is 19.7. The van der Waals surface area contributed by atoms with Gasteiger partial charge in [0.15, 0.2) is 5.82 Å². The van der Waals surface area contributed by atoms with Gasteiger partial charge in [0.1, 0.15) is 5.39 Å². The maximum atomic E-state index is 12.5. The van der Waals surface area contributed by atoms with Crippen molar-refractivity contribution >= 4 is 22.4 Å². The summed E-state index contributed by atoms with van der Waals surface area (Å²) in [7, 11) is 0. The molecule has 1 aromatic carbocycles. The second-order valence-corrected chi connectivity index (χ2v) is 6.98. The van der Waals surface area contributed by atoms with Gasteiger partial charge in [0.2, 0.25) is 0 Å². The first-order valence-electron chi connectivity index (χ1n) is 9.27. The summed E-state index contributed by atoms with van der Waals surface area (Å²) in [5.41, 5.74) is 8.11. The van der Waals surface area contributed by atoms with Crippen LogP contribution in [0.2, 0.25) is 0 Å². The van der Waals surface area contributed by atoms with Gasteiger partial charge >= 0.3 is 0 Å². The molecule has 0 aliphatic heterocycles. The molecule has 0 spiro atoms. The molecular weight excluding hydrogens is 340 g/mol. The minimum absolute atomic E-state index is 0.0148. The number of aromatic nitrogens is 3. The molecule has 0 bridgehead atoms. The molecule has 2 atom stereocenters. The molecule has 27 heavy (non-hydrogen) atoms. The van der Waals surface area contributed by atoms with Crippen molar-refractivity contribution in [2.45, 2.75) is 38.3 Å². The number of fused-ring (bicyclic) bond motifs is 1. The number of benzene rings is 1. The Morgan fingerprint density at radius 1 is 1.33 bits per heavy atom. The third-order valence-corrected chi connectivity index (χ3v) is 5.27. The van der Waals surface area contributed by atoms with Crippen LogP contribution in [0.5, 0.6) is 0 Å². The minimum atomic E-state index is -0.194. The van der Waals surface area contributed by atoms with Crippen molar-refractivity contribution in [3.05, 3.63) is 52.4 Å². The number of nitrogens with zero attached hydrogens (tertiary/aromatic N) is 3. The predicted molar refractivity (Wildman–Crippen MR) is 105 cm³/mol. The Kier molecular flexibility index (Phi) is 4.65. The van der Waals surface area contributed by atoms with E-state index in [1.54, 1.807) is 6.20 Å². The van der Waals surface area contributed by atoms with E-state index in [2.05, 4.69) is 16.4 Å². The maximum Gasteiger partial charge on any atom is 0.261 e. The Labute approximate surface area is 156 Å². The van der Waals surface area contributed by atoms with Gasteiger partial charge < -0.3 is 16.0 Å². The molecule has 1 fully saturated rings. The number of rotatable bonds is 4. The number of nitriles is 1. The van der Waals surface area contributed by atoms with E-state index in [-0.39, 0.29) is 17.5 Å². The quantitative estimate of drug-likeness (QED) is 0.660. The molecule has 1 saturated carbocycles. The van der Waals surface area contributed by atoms with E-state index in [1.807, 2.05) is 35.0 Å². The summed E-state index contributed by atoms with van der Waals surface area (Å²) in [6, 6.07) is 12.0. The van der Waals surface area contributed by atoms with Gasteiger partial charge in [-0.3, -0.25) is 9.48 Å². The molecule has 0 saturated heterocycles. The van der Waals surface area contributed by atoms with E-state index in [1.165, 1.54) is 0 Å². The molecule has 4 N–H and O–H groups in total. The highest BCUT2D eigenvalue weighted by Gasteiger charge is 2.29. The molecule has 0 amide bonds. The van der Waals surface area contributed by atoms with Gasteiger partial charge in [0.25, 0.3) is 5.56 Å². The fourth-order valence-corrected chi connectivity index (χ4v) is 3.91. The van der Waals surface area contributed by atoms with Gasteiger partial charge in [0, 0.05) is 18.4 Å². The second-order valence-electron chi connectivity index (χ2n) is 6.98. The number of nitrogens with one attached hydrogen (secondary N) is 2. The predicted octanol–water partition coefficient (Wildman–Crippen LogP) is 3.18. The van der Waals surface area contributed by atoms with E-state index in [9.17, 15) is 10.1 Å². The molecule has 4 rings (SSSR count). The highest BCUT2D eigenvalue weighted by Crippen LogP contribution is 2.36. The lowest BCUT2D eigenvalue weighted by molar-refractivity contribution is 0.277. The third kappa shape index (κ3) is 3.20. The van der Waals surface area contributed by atoms with Crippen molar-refractivity contribution in [2.75, 3.05) is 5.32 Å². The van der Waals surface area contributed by atoms with Gasteiger partial charge in [-0.2, -0.15) is 10.4 Å². The van der Waals surface area contributed by atoms with Crippen LogP contribution in [-0.4, -0.2) is 14.8 Å². The van der Waals surface area contributed by atoms with Crippen LogP contribution < -0.4 is 16.6 Å². The molecule has 7 heteroatoms. The summed E-state index contributed by atoms with van der Waals surface area (Å²) in [6.45, 7) is 0.442. The van der Waals surface area contributed by atoms with Crippen LogP contribution >= 0.6 is 0 Å². The number of nitrogens with two attached hydrogens (primary N) is 1. The lowest BCUT2D eigenvalue weighted by Crippen LogP contribution is -2.23. The van der Waals surface area contributed by atoms with Crippen molar-refractivity contribution in [2.24, 2.45) is 11.7 Å². The van der Waals surface area contributed by atoms with Crippen LogP contribution in [0.15, 0.2) is 41.3 Å². The van der Waals surface area contributed by atoms with Gasteiger partial charge in [0.05, 0.1) is 23.5 Å². The zero-order valence-electron chi connectivity index (χ0n) is 15.0. The van der Waals surface area contributed by atoms with Crippen LogP contribution in [0.4, 0.5) is 11.5 Å². The highest BCUT2D eigenvalue weighted by molar-refractivity contribution is 5.91. The van der Waals surface area contributed by atoms with Crippen molar-refractivity contribution in [1.29, 1.82) is 5.26 Å². The fourth-order valence-electron chi connectivity index (χ4n) is 3.91. The first-order valence-corrected chi connectivity index (χ1v) is 9.27. The number of aromatic amines is 1. The Hall–Kier alpha value is -3.11. The van der Waals surface area contributed by atoms with Gasteiger partial charge in [-0.25, -0.2) is 0 Å². The summed E-state index contributed by atoms with van der Waals surface area (Å²) < 4.78 is 1.87. The van der Waals surface area contributed by atoms with Crippen molar-refractivity contribution < 1.29 is 0 Å². The molecule has 1 aliphatic carbocycles. The summed E-state index contributed by atoms with van der Waals surface area (Å²) in [5, 5.41) is 18.1. The largest absolute Gasteiger partial charge is 0.338 e. The van der Waals surface area contributed by atoms with Crippen LogP contribution in [-0.2, 0) is 6.54 Å². The smallest absolute Gasteiger partial charge is 0.261 e. The van der Waals surface area contributed by atoms with Crippen LogP contribution in [0.25, 0.3) is 10.9 Å². The van der Waals surface area contributed by atoms with Crippen molar-refractivity contribution in [1.82, 2.24) is 14.8 Å². The lowest BCUT2D eigenvalue weighted by atomic mass is 9.85. The summed E-state index contributed by atoms with van der Waals surface area (Å²) in [5.74, 6) is 0.415. The van der Waals surface area contributed by atoms with Crippen LogP contribution in [0, 0.1) is 17.2 Å². The summed E-state index contributed by atoms with van der Waals surface area (Å²) in [6.07, 6.45) is 5.52. The fraction of sp³-hybridized carbons (Fsp3) is 0.350. The molecule has 1 aliphatic rings. The van der Waals surface area contributed by atoms with Crippen molar-refractivity contribution in [3.8, 4) is 6.07 Å². The molecule has 138 valence electrons. The minimum Gasteiger partial charge on any atom is -0.338 e. The van der Waals surface area contributed by atoms with Gasteiger partial charge in [-0.15, -0.1) is 0 Å². The van der Waals surface area contributed by atoms with Crippen LogP contribution in [0.3, 0.4) is 0 Å². The average Bonchev–Trinajstić information content (AvgIpc) is 3.07. The summed E-state index contributed by atoms with van der Waals surface area (Å²) in [4.78, 5) is 15.3. The van der Waals surface area contributed by atoms with E-state index in [4.69, 9.17) is 10.8 Å². The van der Waals surface area contributed by atoms with Gasteiger partial charge in [-0.1, -0.05) is 25.0 Å². The first-order chi connectivity index (χ1) is 13.2. The Bertz CT molecular complexity index is 1060. The summed E-state index contributed by atoms with van der Waals surface area (Å²) >= 11 is 0. The Morgan fingerprint density at radius 3 is 3.00 bits per heavy atom.